The molecule has 1 amide bonds. The van der Waals surface area contributed by atoms with Crippen molar-refractivity contribution in [3.8, 4) is 0 Å². The van der Waals surface area contributed by atoms with Gasteiger partial charge in [-0.3, -0.25) is 9.36 Å². The number of hydrogen-bond donors (Lipinski definition) is 0. The van der Waals surface area contributed by atoms with Crippen LogP contribution in [0.25, 0.3) is 11.0 Å². The lowest BCUT2D eigenvalue weighted by Gasteiger charge is -2.29. The number of rotatable bonds is 2. The first-order chi connectivity index (χ1) is 11.6. The van der Waals surface area contributed by atoms with Gasteiger partial charge in [0.25, 0.3) is 0 Å². The Labute approximate surface area is 137 Å². The van der Waals surface area contributed by atoms with Crippen molar-refractivity contribution in [2.24, 2.45) is 7.05 Å². The van der Waals surface area contributed by atoms with Gasteiger partial charge in [0, 0.05) is 20.1 Å². The zero-order chi connectivity index (χ0) is 16.8. The first-order valence-electron chi connectivity index (χ1n) is 7.89. The van der Waals surface area contributed by atoms with Crippen LogP contribution in [0.2, 0.25) is 0 Å². The van der Waals surface area contributed by atoms with E-state index in [2.05, 4.69) is 10.1 Å². The summed E-state index contributed by atoms with van der Waals surface area (Å²) in [6.45, 7) is 3.21. The summed E-state index contributed by atoms with van der Waals surface area (Å²) in [6, 6.07) is 7.39. The van der Waals surface area contributed by atoms with E-state index in [4.69, 9.17) is 0 Å². The third-order valence-corrected chi connectivity index (χ3v) is 4.58. The fraction of sp³-hybridized carbons (Fsp3) is 0.375. The van der Waals surface area contributed by atoms with Crippen molar-refractivity contribution in [1.82, 2.24) is 28.8 Å². The highest BCUT2D eigenvalue weighted by Crippen LogP contribution is 2.20. The third-order valence-electron chi connectivity index (χ3n) is 4.58. The molecule has 2 aromatic heterocycles. The van der Waals surface area contributed by atoms with Crippen LogP contribution in [0.5, 0.6) is 0 Å². The van der Waals surface area contributed by atoms with Crippen molar-refractivity contribution in [2.75, 3.05) is 6.54 Å². The normalized spacial score (nSPS) is 15.5. The smallest absolute Gasteiger partial charge is 0.332 e. The molecule has 1 aliphatic rings. The number of amides is 1. The second-order valence-corrected chi connectivity index (χ2v) is 6.05. The summed E-state index contributed by atoms with van der Waals surface area (Å²) in [5.41, 5.74) is 1.67. The van der Waals surface area contributed by atoms with Crippen molar-refractivity contribution < 1.29 is 4.79 Å². The predicted octanol–water partition coefficient (Wildman–Crippen LogP) is 0.535. The van der Waals surface area contributed by atoms with E-state index in [1.165, 1.54) is 4.68 Å². The molecule has 0 saturated heterocycles. The number of aromatic nitrogens is 5. The Morgan fingerprint density at radius 1 is 1.25 bits per heavy atom. The maximum absolute atomic E-state index is 12.9. The molecule has 0 radical (unpaired) electrons. The minimum atomic E-state index is -0.362. The molecule has 1 atom stereocenters. The van der Waals surface area contributed by atoms with Crippen LogP contribution >= 0.6 is 0 Å². The molecule has 1 aromatic carbocycles. The number of carbonyl (C=O) groups excluding carboxylic acids is 1. The van der Waals surface area contributed by atoms with Crippen LogP contribution in [-0.4, -0.2) is 41.3 Å². The molecule has 3 aromatic rings. The van der Waals surface area contributed by atoms with E-state index >= 15 is 0 Å². The van der Waals surface area contributed by atoms with Crippen molar-refractivity contribution in [1.29, 1.82) is 0 Å². The van der Waals surface area contributed by atoms with Gasteiger partial charge in [0.05, 0.1) is 23.9 Å². The summed E-state index contributed by atoms with van der Waals surface area (Å²) in [6.07, 6.45) is 1.70. The van der Waals surface area contributed by atoms with E-state index in [0.717, 1.165) is 11.0 Å². The SMILES string of the molecule is C[C@@H](C(=O)N1CCn2c(nn(C)c2=O)C1)n1cnc2ccccc21. The molecule has 1 aliphatic heterocycles. The lowest BCUT2D eigenvalue weighted by atomic mass is 10.2. The van der Waals surface area contributed by atoms with E-state index < -0.39 is 0 Å². The molecule has 8 nitrogen and oxygen atoms in total. The Morgan fingerprint density at radius 3 is 2.88 bits per heavy atom. The number of hydrogen-bond acceptors (Lipinski definition) is 4. The first kappa shape index (κ1) is 14.7. The number of imidazole rings is 1. The maximum atomic E-state index is 12.9. The van der Waals surface area contributed by atoms with E-state index in [1.807, 2.05) is 35.8 Å². The molecule has 8 heteroatoms. The highest BCUT2D eigenvalue weighted by atomic mass is 16.2. The highest BCUT2D eigenvalue weighted by molar-refractivity contribution is 5.83. The fourth-order valence-electron chi connectivity index (χ4n) is 3.23. The predicted molar refractivity (Wildman–Crippen MR) is 87.3 cm³/mol. The average Bonchev–Trinajstić information content (AvgIpc) is 3.15. The lowest BCUT2D eigenvalue weighted by molar-refractivity contribution is -0.135. The Balaban J connectivity index is 1.61. The number of carbonyl (C=O) groups is 1. The van der Waals surface area contributed by atoms with Crippen LogP contribution in [-0.2, 0) is 24.9 Å². The van der Waals surface area contributed by atoms with Crippen LogP contribution in [0.1, 0.15) is 18.8 Å². The quantitative estimate of drug-likeness (QED) is 0.688. The van der Waals surface area contributed by atoms with Gasteiger partial charge in [0.2, 0.25) is 5.91 Å². The van der Waals surface area contributed by atoms with Gasteiger partial charge in [-0.05, 0) is 19.1 Å². The van der Waals surface area contributed by atoms with Gasteiger partial charge in [-0.2, -0.15) is 5.10 Å². The summed E-state index contributed by atoms with van der Waals surface area (Å²) in [7, 11) is 1.63. The minimum Gasteiger partial charge on any atom is -0.332 e. The van der Waals surface area contributed by atoms with Crippen molar-refractivity contribution in [3.63, 3.8) is 0 Å². The van der Waals surface area contributed by atoms with Crippen molar-refractivity contribution >= 4 is 16.9 Å². The topological polar surface area (TPSA) is 78.0 Å². The van der Waals surface area contributed by atoms with E-state index in [1.54, 1.807) is 22.8 Å². The van der Waals surface area contributed by atoms with Crippen LogP contribution < -0.4 is 5.69 Å². The molecule has 0 aliphatic carbocycles. The summed E-state index contributed by atoms with van der Waals surface area (Å²) < 4.78 is 4.83. The Kier molecular flexibility index (Phi) is 3.26. The van der Waals surface area contributed by atoms with Gasteiger partial charge >= 0.3 is 5.69 Å². The standard InChI is InChI=1S/C16H18N6O2/c1-11(22-10-17-12-5-3-4-6-13(12)22)15(23)20-7-8-21-14(9-20)18-19(2)16(21)24/h3-6,10-11H,7-9H2,1-2H3/t11-/m0/s1. The highest BCUT2D eigenvalue weighted by Gasteiger charge is 2.28. The lowest BCUT2D eigenvalue weighted by Crippen LogP contribution is -2.43. The Bertz CT molecular complexity index is 982. The molecule has 0 unspecified atom stereocenters. The Morgan fingerprint density at radius 2 is 2.04 bits per heavy atom. The largest absolute Gasteiger partial charge is 0.345 e. The summed E-state index contributed by atoms with van der Waals surface area (Å²) in [4.78, 5) is 30.9. The van der Waals surface area contributed by atoms with Crippen LogP contribution in [0, 0.1) is 0 Å². The number of nitrogens with zero attached hydrogens (tertiary/aromatic N) is 6. The van der Waals surface area contributed by atoms with E-state index in [0.29, 0.717) is 25.5 Å². The first-order valence-corrected chi connectivity index (χ1v) is 7.89. The van der Waals surface area contributed by atoms with Crippen molar-refractivity contribution in [2.45, 2.75) is 26.1 Å². The van der Waals surface area contributed by atoms with Gasteiger partial charge in [0.1, 0.15) is 6.04 Å². The average molecular weight is 326 g/mol. The number of para-hydroxylation sites is 2. The molecule has 24 heavy (non-hydrogen) atoms. The fourth-order valence-corrected chi connectivity index (χ4v) is 3.23. The second-order valence-electron chi connectivity index (χ2n) is 6.05. The van der Waals surface area contributed by atoms with Gasteiger partial charge in [-0.15, -0.1) is 0 Å². The summed E-state index contributed by atoms with van der Waals surface area (Å²) in [5, 5.41) is 4.21. The Hall–Kier alpha value is -2.90. The molecule has 0 fully saturated rings. The number of fused-ring (bicyclic) bond motifs is 2. The second kappa shape index (κ2) is 5.33. The number of aryl methyl sites for hydroxylation is 1. The van der Waals surface area contributed by atoms with Gasteiger partial charge in [-0.25, -0.2) is 14.5 Å². The molecule has 0 saturated carbocycles. The number of benzene rings is 1. The van der Waals surface area contributed by atoms with Gasteiger partial charge in [0.15, 0.2) is 5.82 Å². The molecule has 0 bridgehead atoms. The van der Waals surface area contributed by atoms with E-state index in [-0.39, 0.29) is 17.6 Å². The molecule has 4 rings (SSSR count). The van der Waals surface area contributed by atoms with Crippen LogP contribution in [0.15, 0.2) is 35.4 Å². The molecule has 0 N–H and O–H groups in total. The molecular weight excluding hydrogens is 308 g/mol. The summed E-state index contributed by atoms with van der Waals surface area (Å²) >= 11 is 0. The van der Waals surface area contributed by atoms with Crippen LogP contribution in [0.3, 0.4) is 0 Å². The molecule has 0 spiro atoms. The molecular formula is C16H18N6O2. The van der Waals surface area contributed by atoms with Crippen LogP contribution in [0.4, 0.5) is 0 Å². The molecule has 3 heterocycles. The minimum absolute atomic E-state index is 0.00232. The zero-order valence-corrected chi connectivity index (χ0v) is 13.6. The summed E-state index contributed by atoms with van der Waals surface area (Å²) in [5.74, 6) is 0.632. The zero-order valence-electron chi connectivity index (χ0n) is 13.6. The third kappa shape index (κ3) is 2.14. The monoisotopic (exact) mass is 326 g/mol. The van der Waals surface area contributed by atoms with Gasteiger partial charge in [-0.1, -0.05) is 12.1 Å². The maximum Gasteiger partial charge on any atom is 0.345 e. The van der Waals surface area contributed by atoms with Gasteiger partial charge < -0.3 is 9.47 Å². The molecule has 124 valence electrons. The van der Waals surface area contributed by atoms with Crippen molar-refractivity contribution in [3.05, 3.63) is 46.9 Å². The van der Waals surface area contributed by atoms with E-state index in [9.17, 15) is 9.59 Å².